The largest absolute Gasteiger partial charge is 0.491 e. The highest BCUT2D eigenvalue weighted by molar-refractivity contribution is 5.94. The fourth-order valence-electron chi connectivity index (χ4n) is 1.42. The van der Waals surface area contributed by atoms with Gasteiger partial charge in [-0.1, -0.05) is 6.92 Å². The molecule has 0 unspecified atom stereocenters. The van der Waals surface area contributed by atoms with Crippen LogP contribution in [0.3, 0.4) is 0 Å². The van der Waals surface area contributed by atoms with E-state index >= 15 is 0 Å². The lowest BCUT2D eigenvalue weighted by Crippen LogP contribution is -2.12. The van der Waals surface area contributed by atoms with Crippen molar-refractivity contribution >= 4 is 5.84 Å². The molecule has 0 saturated heterocycles. The summed E-state index contributed by atoms with van der Waals surface area (Å²) >= 11 is 0. The number of nitrogens with one attached hydrogen (secondary N) is 1. The topological polar surface area (TPSA) is 77.6 Å². The van der Waals surface area contributed by atoms with Gasteiger partial charge in [-0.3, -0.25) is 5.41 Å². The van der Waals surface area contributed by atoms with Crippen molar-refractivity contribution in [1.29, 1.82) is 5.41 Å². The summed E-state index contributed by atoms with van der Waals surface area (Å²) in [6, 6.07) is 7.11. The van der Waals surface area contributed by atoms with Crippen molar-refractivity contribution in [2.75, 3.05) is 33.0 Å². The van der Waals surface area contributed by atoms with E-state index in [-0.39, 0.29) is 5.84 Å². The number of hydrogen-bond donors (Lipinski definition) is 2. The summed E-state index contributed by atoms with van der Waals surface area (Å²) in [6.45, 7) is 5.10. The number of amidine groups is 1. The third-order valence-electron chi connectivity index (χ3n) is 2.38. The molecule has 0 saturated carbocycles. The lowest BCUT2D eigenvalue weighted by atomic mass is 10.2. The first kappa shape index (κ1) is 15.5. The molecule has 0 aliphatic heterocycles. The van der Waals surface area contributed by atoms with E-state index in [9.17, 15) is 0 Å². The first-order chi connectivity index (χ1) is 9.24. The Balaban J connectivity index is 2.07. The average molecular weight is 266 g/mol. The van der Waals surface area contributed by atoms with Gasteiger partial charge in [0.05, 0.1) is 19.8 Å². The Labute approximate surface area is 114 Å². The first-order valence-electron chi connectivity index (χ1n) is 6.46. The van der Waals surface area contributed by atoms with Crippen LogP contribution in [0.25, 0.3) is 0 Å². The van der Waals surface area contributed by atoms with E-state index in [0.29, 0.717) is 32.0 Å². The van der Waals surface area contributed by atoms with Crippen molar-refractivity contribution < 1.29 is 14.2 Å². The maximum atomic E-state index is 7.27. The molecule has 106 valence electrons. The Morgan fingerprint density at radius 3 is 2.16 bits per heavy atom. The van der Waals surface area contributed by atoms with Crippen molar-refractivity contribution in [2.24, 2.45) is 5.73 Å². The molecule has 1 aromatic carbocycles. The summed E-state index contributed by atoms with van der Waals surface area (Å²) in [7, 11) is 0. The van der Waals surface area contributed by atoms with E-state index in [1.54, 1.807) is 24.3 Å². The standard InChI is InChI=1S/C14H22N2O3/c1-2-7-17-8-9-18-10-11-19-13-5-3-12(4-6-13)14(15)16/h3-6H,2,7-11H2,1H3,(H3,15,16). The lowest BCUT2D eigenvalue weighted by Gasteiger charge is -2.08. The van der Waals surface area contributed by atoms with E-state index in [4.69, 9.17) is 25.4 Å². The van der Waals surface area contributed by atoms with E-state index in [2.05, 4.69) is 6.92 Å². The molecular weight excluding hydrogens is 244 g/mol. The zero-order valence-corrected chi connectivity index (χ0v) is 11.4. The second-order valence-corrected chi connectivity index (χ2v) is 4.01. The van der Waals surface area contributed by atoms with Gasteiger partial charge in [-0.05, 0) is 30.7 Å². The number of nitrogen functional groups attached to an aromatic ring is 1. The summed E-state index contributed by atoms with van der Waals surface area (Å²) in [5.41, 5.74) is 6.06. The van der Waals surface area contributed by atoms with E-state index in [1.165, 1.54) is 0 Å². The molecule has 1 aromatic rings. The van der Waals surface area contributed by atoms with Crippen molar-refractivity contribution in [1.82, 2.24) is 0 Å². The molecule has 0 aromatic heterocycles. The molecule has 0 aliphatic rings. The minimum absolute atomic E-state index is 0.0574. The van der Waals surface area contributed by atoms with Gasteiger partial charge in [-0.2, -0.15) is 0 Å². The predicted molar refractivity (Wildman–Crippen MR) is 74.9 cm³/mol. The summed E-state index contributed by atoms with van der Waals surface area (Å²) in [4.78, 5) is 0. The fraction of sp³-hybridized carbons (Fsp3) is 0.500. The Hall–Kier alpha value is -1.59. The van der Waals surface area contributed by atoms with Crippen LogP contribution in [-0.2, 0) is 9.47 Å². The average Bonchev–Trinajstić information content (AvgIpc) is 2.42. The normalized spacial score (nSPS) is 10.4. The summed E-state index contributed by atoms with van der Waals surface area (Å²) in [6.07, 6.45) is 1.03. The molecule has 0 spiro atoms. The molecular formula is C14H22N2O3. The molecule has 0 fully saturated rings. The van der Waals surface area contributed by atoms with Gasteiger partial charge in [-0.15, -0.1) is 0 Å². The molecule has 0 amide bonds. The van der Waals surface area contributed by atoms with Crippen LogP contribution >= 0.6 is 0 Å². The predicted octanol–water partition coefficient (Wildman–Crippen LogP) is 1.79. The maximum absolute atomic E-state index is 7.27. The lowest BCUT2D eigenvalue weighted by molar-refractivity contribution is 0.0366. The quantitative estimate of drug-likeness (QED) is 0.384. The van der Waals surface area contributed by atoms with Crippen molar-refractivity contribution in [3.63, 3.8) is 0 Å². The van der Waals surface area contributed by atoms with Crippen molar-refractivity contribution in [3.8, 4) is 5.75 Å². The van der Waals surface area contributed by atoms with Gasteiger partial charge in [0, 0.05) is 12.2 Å². The van der Waals surface area contributed by atoms with Gasteiger partial charge in [-0.25, -0.2) is 0 Å². The van der Waals surface area contributed by atoms with Crippen LogP contribution in [-0.4, -0.2) is 38.9 Å². The number of ether oxygens (including phenoxy) is 3. The van der Waals surface area contributed by atoms with Gasteiger partial charge in [0.2, 0.25) is 0 Å². The number of nitrogens with two attached hydrogens (primary N) is 1. The highest BCUT2D eigenvalue weighted by atomic mass is 16.5. The number of rotatable bonds is 10. The maximum Gasteiger partial charge on any atom is 0.122 e. The second-order valence-electron chi connectivity index (χ2n) is 4.01. The summed E-state index contributed by atoms with van der Waals surface area (Å²) < 4.78 is 16.1. The van der Waals surface area contributed by atoms with Crippen LogP contribution in [0.2, 0.25) is 0 Å². The molecule has 0 bridgehead atoms. The van der Waals surface area contributed by atoms with E-state index in [0.717, 1.165) is 18.8 Å². The number of benzene rings is 1. The van der Waals surface area contributed by atoms with Crippen molar-refractivity contribution in [2.45, 2.75) is 13.3 Å². The molecule has 5 heteroatoms. The minimum Gasteiger partial charge on any atom is -0.491 e. The zero-order chi connectivity index (χ0) is 13.9. The Morgan fingerprint density at radius 1 is 1.00 bits per heavy atom. The number of hydrogen-bond acceptors (Lipinski definition) is 4. The van der Waals surface area contributed by atoms with Crippen LogP contribution in [0.15, 0.2) is 24.3 Å². The van der Waals surface area contributed by atoms with Gasteiger partial charge < -0.3 is 19.9 Å². The monoisotopic (exact) mass is 266 g/mol. The third-order valence-corrected chi connectivity index (χ3v) is 2.38. The Kier molecular flexibility index (Phi) is 7.62. The SMILES string of the molecule is CCCOCCOCCOc1ccc(C(=N)N)cc1. The zero-order valence-electron chi connectivity index (χ0n) is 11.4. The van der Waals surface area contributed by atoms with Crippen LogP contribution < -0.4 is 10.5 Å². The molecule has 19 heavy (non-hydrogen) atoms. The molecule has 0 radical (unpaired) electrons. The van der Waals surface area contributed by atoms with Crippen LogP contribution in [0.5, 0.6) is 5.75 Å². The molecule has 1 rings (SSSR count). The van der Waals surface area contributed by atoms with E-state index in [1.807, 2.05) is 0 Å². The van der Waals surface area contributed by atoms with Crippen LogP contribution in [0.1, 0.15) is 18.9 Å². The first-order valence-corrected chi connectivity index (χ1v) is 6.46. The fourth-order valence-corrected chi connectivity index (χ4v) is 1.42. The Bertz CT molecular complexity index is 365. The van der Waals surface area contributed by atoms with Crippen LogP contribution in [0, 0.1) is 5.41 Å². The van der Waals surface area contributed by atoms with Crippen molar-refractivity contribution in [3.05, 3.63) is 29.8 Å². The molecule has 0 heterocycles. The molecule has 5 nitrogen and oxygen atoms in total. The van der Waals surface area contributed by atoms with E-state index < -0.39 is 0 Å². The molecule has 0 aliphatic carbocycles. The summed E-state index contributed by atoms with van der Waals surface area (Å²) in [5.74, 6) is 0.804. The second kappa shape index (κ2) is 9.35. The molecule has 0 atom stereocenters. The van der Waals surface area contributed by atoms with Gasteiger partial charge in [0.15, 0.2) is 0 Å². The smallest absolute Gasteiger partial charge is 0.122 e. The highest BCUT2D eigenvalue weighted by Crippen LogP contribution is 2.11. The van der Waals surface area contributed by atoms with Gasteiger partial charge in [0.1, 0.15) is 18.2 Å². The summed E-state index contributed by atoms with van der Waals surface area (Å²) in [5, 5.41) is 7.27. The van der Waals surface area contributed by atoms with Gasteiger partial charge >= 0.3 is 0 Å². The third kappa shape index (κ3) is 6.79. The highest BCUT2D eigenvalue weighted by Gasteiger charge is 1.97. The Morgan fingerprint density at radius 2 is 1.58 bits per heavy atom. The minimum atomic E-state index is 0.0574. The van der Waals surface area contributed by atoms with Gasteiger partial charge in [0.25, 0.3) is 0 Å². The molecule has 3 N–H and O–H groups in total. The van der Waals surface area contributed by atoms with Crippen LogP contribution in [0.4, 0.5) is 0 Å².